The first-order chi connectivity index (χ1) is 12.8. The average Bonchev–Trinajstić information content (AvgIpc) is 3.37. The van der Waals surface area contributed by atoms with Crippen molar-refractivity contribution in [3.05, 3.63) is 52.2 Å². The van der Waals surface area contributed by atoms with Gasteiger partial charge in [0.25, 0.3) is 5.91 Å². The smallest absolute Gasteiger partial charge is 0.255 e. The zero-order valence-electron chi connectivity index (χ0n) is 15.4. The number of carbonyl (C=O) groups is 1. The maximum absolute atomic E-state index is 12.8. The maximum atomic E-state index is 12.8. The lowest BCUT2D eigenvalue weighted by Gasteiger charge is -2.27. The maximum Gasteiger partial charge on any atom is 0.255 e. The van der Waals surface area contributed by atoms with Crippen molar-refractivity contribution in [2.75, 3.05) is 26.2 Å². The van der Waals surface area contributed by atoms with E-state index in [0.717, 1.165) is 25.9 Å². The van der Waals surface area contributed by atoms with E-state index in [-0.39, 0.29) is 11.9 Å². The van der Waals surface area contributed by atoms with Gasteiger partial charge in [0.15, 0.2) is 0 Å². The van der Waals surface area contributed by atoms with Gasteiger partial charge in [0, 0.05) is 11.4 Å². The van der Waals surface area contributed by atoms with Crippen LogP contribution in [0.15, 0.2) is 41.8 Å². The monoisotopic (exact) mass is 372 g/mol. The summed E-state index contributed by atoms with van der Waals surface area (Å²) in [6.07, 6.45) is 4.55. The van der Waals surface area contributed by atoms with Gasteiger partial charge in [-0.3, -0.25) is 9.69 Å². The Balaban J connectivity index is 1.65. The minimum absolute atomic E-state index is 0.0575. The number of benzene rings is 1. The van der Waals surface area contributed by atoms with Crippen molar-refractivity contribution in [2.45, 2.75) is 38.6 Å². The van der Waals surface area contributed by atoms with E-state index in [4.69, 9.17) is 4.74 Å². The highest BCUT2D eigenvalue weighted by atomic mass is 32.1. The predicted molar refractivity (Wildman–Crippen MR) is 107 cm³/mol. The molecule has 1 aliphatic rings. The number of rotatable bonds is 9. The Morgan fingerprint density at radius 1 is 1.23 bits per heavy atom. The summed E-state index contributed by atoms with van der Waals surface area (Å²) in [6, 6.07) is 12.0. The Hall–Kier alpha value is -1.85. The number of nitrogens with one attached hydrogen (secondary N) is 1. The fourth-order valence-corrected chi connectivity index (χ4v) is 4.20. The van der Waals surface area contributed by atoms with E-state index in [1.54, 1.807) is 11.3 Å². The van der Waals surface area contributed by atoms with Gasteiger partial charge in [-0.05, 0) is 55.9 Å². The number of ether oxygens (including phenoxy) is 1. The van der Waals surface area contributed by atoms with E-state index in [2.05, 4.69) is 34.7 Å². The molecule has 1 atom stereocenters. The minimum atomic E-state index is -0.0575. The Morgan fingerprint density at radius 3 is 2.77 bits per heavy atom. The van der Waals surface area contributed by atoms with Gasteiger partial charge >= 0.3 is 0 Å². The van der Waals surface area contributed by atoms with Crippen LogP contribution in [-0.4, -0.2) is 37.0 Å². The fraction of sp³-hybridized carbons (Fsp3) is 0.476. The quantitative estimate of drug-likeness (QED) is 0.659. The van der Waals surface area contributed by atoms with Crippen molar-refractivity contribution in [1.29, 1.82) is 0 Å². The Bertz CT molecular complexity index is 681. The number of para-hydroxylation sites is 1. The van der Waals surface area contributed by atoms with Crippen LogP contribution in [0, 0.1) is 0 Å². The molecule has 0 saturated carbocycles. The Labute approximate surface area is 160 Å². The van der Waals surface area contributed by atoms with Gasteiger partial charge in [0.2, 0.25) is 0 Å². The van der Waals surface area contributed by atoms with E-state index >= 15 is 0 Å². The number of hydrogen-bond donors (Lipinski definition) is 1. The van der Waals surface area contributed by atoms with Crippen LogP contribution in [0.4, 0.5) is 0 Å². The summed E-state index contributed by atoms with van der Waals surface area (Å²) < 4.78 is 5.81. The molecule has 1 saturated heterocycles. The lowest BCUT2D eigenvalue weighted by atomic mass is 10.1. The summed E-state index contributed by atoms with van der Waals surface area (Å²) in [5.74, 6) is 0.616. The summed E-state index contributed by atoms with van der Waals surface area (Å²) in [7, 11) is 0. The summed E-state index contributed by atoms with van der Waals surface area (Å²) in [4.78, 5) is 16.6. The SMILES string of the molecule is CCCCOc1ccccc1C(=O)NCC(c1cccs1)N1CCCC1. The van der Waals surface area contributed by atoms with Crippen molar-refractivity contribution in [2.24, 2.45) is 0 Å². The minimum Gasteiger partial charge on any atom is -0.493 e. The number of carbonyl (C=O) groups excluding carboxylic acids is 1. The highest BCUT2D eigenvalue weighted by Crippen LogP contribution is 2.28. The van der Waals surface area contributed by atoms with E-state index in [0.29, 0.717) is 24.5 Å². The first kappa shape index (κ1) is 18.9. The average molecular weight is 373 g/mol. The molecule has 1 N–H and O–H groups in total. The standard InChI is InChI=1S/C21H28N2O2S/c1-2-3-14-25-19-10-5-4-9-17(19)21(24)22-16-18(20-11-8-15-26-20)23-12-6-7-13-23/h4-5,8-11,15,18H,2-3,6-7,12-14,16H2,1H3,(H,22,24). The molecule has 1 fully saturated rings. The molecule has 140 valence electrons. The van der Waals surface area contributed by atoms with E-state index in [1.165, 1.54) is 17.7 Å². The van der Waals surface area contributed by atoms with Crippen LogP contribution in [0.1, 0.15) is 53.9 Å². The van der Waals surface area contributed by atoms with Gasteiger partial charge in [-0.25, -0.2) is 0 Å². The largest absolute Gasteiger partial charge is 0.493 e. The molecule has 1 aliphatic heterocycles. The first-order valence-corrected chi connectivity index (χ1v) is 10.4. The fourth-order valence-electron chi connectivity index (χ4n) is 3.33. The van der Waals surface area contributed by atoms with Gasteiger partial charge in [0.1, 0.15) is 5.75 Å². The van der Waals surface area contributed by atoms with Crippen LogP contribution in [0.25, 0.3) is 0 Å². The van der Waals surface area contributed by atoms with Crippen molar-refractivity contribution < 1.29 is 9.53 Å². The summed E-state index contributed by atoms with van der Waals surface area (Å²) >= 11 is 1.76. The molecule has 1 unspecified atom stereocenters. The van der Waals surface area contributed by atoms with Gasteiger partial charge in [-0.2, -0.15) is 0 Å². The zero-order valence-corrected chi connectivity index (χ0v) is 16.3. The summed E-state index contributed by atoms with van der Waals surface area (Å²) in [6.45, 7) is 5.62. The number of unbranched alkanes of at least 4 members (excludes halogenated alkanes) is 1. The highest BCUT2D eigenvalue weighted by Gasteiger charge is 2.25. The molecule has 2 aromatic rings. The van der Waals surface area contributed by atoms with Crippen LogP contribution >= 0.6 is 11.3 Å². The van der Waals surface area contributed by atoms with E-state index in [1.807, 2.05) is 24.3 Å². The van der Waals surface area contributed by atoms with Gasteiger partial charge in [0.05, 0.1) is 18.2 Å². The normalized spacial score (nSPS) is 15.7. The first-order valence-electron chi connectivity index (χ1n) is 9.57. The summed E-state index contributed by atoms with van der Waals surface area (Å²) in [5, 5.41) is 5.25. The van der Waals surface area contributed by atoms with E-state index < -0.39 is 0 Å². The van der Waals surface area contributed by atoms with E-state index in [9.17, 15) is 4.79 Å². The molecule has 0 bridgehead atoms. The van der Waals surface area contributed by atoms with Crippen LogP contribution in [0.5, 0.6) is 5.75 Å². The lowest BCUT2D eigenvalue weighted by molar-refractivity contribution is 0.0934. The molecule has 3 rings (SSSR count). The third-order valence-electron chi connectivity index (χ3n) is 4.80. The zero-order chi connectivity index (χ0) is 18.2. The topological polar surface area (TPSA) is 41.6 Å². The molecule has 1 aromatic carbocycles. The number of amides is 1. The molecule has 0 aliphatic carbocycles. The van der Waals surface area contributed by atoms with Gasteiger partial charge < -0.3 is 10.1 Å². The molecule has 2 heterocycles. The van der Waals surface area contributed by atoms with Crippen LogP contribution in [-0.2, 0) is 0 Å². The Kier molecular flexibility index (Phi) is 7.09. The second-order valence-electron chi connectivity index (χ2n) is 6.68. The van der Waals surface area contributed by atoms with Gasteiger partial charge in [-0.1, -0.05) is 31.5 Å². The number of hydrogen-bond acceptors (Lipinski definition) is 4. The number of nitrogens with zero attached hydrogens (tertiary/aromatic N) is 1. The van der Waals surface area contributed by atoms with Crippen LogP contribution < -0.4 is 10.1 Å². The molecular weight excluding hydrogens is 344 g/mol. The van der Waals surface area contributed by atoms with Crippen molar-refractivity contribution in [1.82, 2.24) is 10.2 Å². The molecule has 26 heavy (non-hydrogen) atoms. The lowest BCUT2D eigenvalue weighted by Crippen LogP contribution is -2.36. The second kappa shape index (κ2) is 9.74. The van der Waals surface area contributed by atoms with Crippen molar-refractivity contribution in [3.8, 4) is 5.75 Å². The molecule has 4 nitrogen and oxygen atoms in total. The number of likely N-dealkylation sites (tertiary alicyclic amines) is 1. The summed E-state index contributed by atoms with van der Waals surface area (Å²) in [5.41, 5.74) is 0.620. The van der Waals surface area contributed by atoms with Crippen molar-refractivity contribution in [3.63, 3.8) is 0 Å². The van der Waals surface area contributed by atoms with Crippen LogP contribution in [0.3, 0.4) is 0 Å². The third kappa shape index (κ3) is 4.86. The molecule has 1 amide bonds. The van der Waals surface area contributed by atoms with Crippen LogP contribution in [0.2, 0.25) is 0 Å². The Morgan fingerprint density at radius 2 is 2.04 bits per heavy atom. The third-order valence-corrected chi connectivity index (χ3v) is 5.77. The van der Waals surface area contributed by atoms with Crippen molar-refractivity contribution >= 4 is 17.2 Å². The highest BCUT2D eigenvalue weighted by molar-refractivity contribution is 7.10. The molecule has 0 spiro atoms. The number of thiophene rings is 1. The molecule has 5 heteroatoms. The second-order valence-corrected chi connectivity index (χ2v) is 7.66. The predicted octanol–water partition coefficient (Wildman–Crippen LogP) is 4.49. The molecular formula is C21H28N2O2S. The van der Waals surface area contributed by atoms with Gasteiger partial charge in [-0.15, -0.1) is 11.3 Å². The molecule has 1 aromatic heterocycles. The molecule has 0 radical (unpaired) electrons.